The number of hydrogen-bond donors (Lipinski definition) is 2. The second-order valence-electron chi connectivity index (χ2n) is 10.1. The van der Waals surface area contributed by atoms with Crippen molar-refractivity contribution >= 4 is 37.1 Å². The molecule has 0 aliphatic heterocycles. The summed E-state index contributed by atoms with van der Waals surface area (Å²) >= 11 is 0. The zero-order valence-corrected chi connectivity index (χ0v) is 24.9. The molecule has 40 heavy (non-hydrogen) atoms. The molecule has 208 valence electrons. The van der Waals surface area contributed by atoms with Crippen molar-refractivity contribution < 1.29 is 21.6 Å². The lowest BCUT2D eigenvalue weighted by atomic mass is 10.1. The first-order valence-corrected chi connectivity index (χ1v) is 15.6. The van der Waals surface area contributed by atoms with Gasteiger partial charge in [-0.1, -0.05) is 35.4 Å². The van der Waals surface area contributed by atoms with E-state index in [1.165, 1.54) is 48.5 Å². The van der Waals surface area contributed by atoms with E-state index in [4.69, 9.17) is 0 Å². The topological polar surface area (TPSA) is 109 Å². The molecule has 0 heterocycles. The summed E-state index contributed by atoms with van der Waals surface area (Å²) in [5.74, 6) is 0. The quantitative estimate of drug-likeness (QED) is 0.261. The van der Waals surface area contributed by atoms with Gasteiger partial charge in [0.15, 0.2) is 0 Å². The molecule has 7 nitrogen and oxygen atoms in total. The van der Waals surface area contributed by atoms with E-state index in [1.54, 1.807) is 27.7 Å². The van der Waals surface area contributed by atoms with E-state index in [9.17, 15) is 21.6 Å². The molecule has 0 bridgehead atoms. The summed E-state index contributed by atoms with van der Waals surface area (Å²) < 4.78 is 53.0. The van der Waals surface area contributed by atoms with E-state index < -0.39 is 25.7 Å². The molecule has 4 aromatic rings. The highest BCUT2D eigenvalue weighted by Crippen LogP contribution is 2.30. The molecule has 4 rings (SSSR count). The molecule has 0 spiro atoms. The fourth-order valence-corrected chi connectivity index (χ4v) is 8.54. The maximum atomic E-state index is 13.3. The summed E-state index contributed by atoms with van der Waals surface area (Å²) in [6, 6.07) is 18.7. The lowest BCUT2D eigenvalue weighted by Gasteiger charge is -2.14. The second kappa shape index (κ2) is 10.9. The fourth-order valence-electron chi connectivity index (χ4n) is 5.15. The third kappa shape index (κ3) is 5.80. The van der Waals surface area contributed by atoms with Gasteiger partial charge >= 0.3 is 6.03 Å². The van der Waals surface area contributed by atoms with Gasteiger partial charge in [-0.2, -0.15) is 0 Å². The summed E-state index contributed by atoms with van der Waals surface area (Å²) in [5, 5.41) is 5.33. The van der Waals surface area contributed by atoms with Crippen LogP contribution in [-0.2, 0) is 19.7 Å². The Morgan fingerprint density at radius 3 is 1.05 bits per heavy atom. The predicted molar refractivity (Wildman–Crippen MR) is 158 cm³/mol. The van der Waals surface area contributed by atoms with Gasteiger partial charge in [0.25, 0.3) is 0 Å². The summed E-state index contributed by atoms with van der Waals surface area (Å²) in [6.07, 6.45) is 0. The minimum absolute atomic E-state index is 0.129. The molecule has 0 aromatic heterocycles. The van der Waals surface area contributed by atoms with Gasteiger partial charge in [-0.05, 0) is 112 Å². The van der Waals surface area contributed by atoms with Crippen molar-refractivity contribution in [2.24, 2.45) is 0 Å². The highest BCUT2D eigenvalue weighted by molar-refractivity contribution is 7.92. The van der Waals surface area contributed by atoms with Gasteiger partial charge in [-0.15, -0.1) is 0 Å². The van der Waals surface area contributed by atoms with Crippen molar-refractivity contribution in [2.45, 2.75) is 61.1 Å². The number of carbonyl (C=O) groups is 1. The van der Waals surface area contributed by atoms with Crippen molar-refractivity contribution in [1.82, 2.24) is 0 Å². The summed E-state index contributed by atoms with van der Waals surface area (Å²) in [4.78, 5) is 13.4. The number of urea groups is 1. The normalized spacial score (nSPS) is 11.8. The molecule has 0 aliphatic rings. The molecule has 0 saturated carbocycles. The van der Waals surface area contributed by atoms with Crippen molar-refractivity contribution in [3.63, 3.8) is 0 Å². The number of aryl methyl sites for hydroxylation is 6. The van der Waals surface area contributed by atoms with Gasteiger partial charge in [-0.3, -0.25) is 0 Å². The predicted octanol–water partition coefficient (Wildman–Crippen LogP) is 6.85. The van der Waals surface area contributed by atoms with E-state index >= 15 is 0 Å². The zero-order chi connectivity index (χ0) is 29.4. The van der Waals surface area contributed by atoms with Crippen LogP contribution < -0.4 is 10.6 Å². The number of hydrogen-bond acceptors (Lipinski definition) is 5. The van der Waals surface area contributed by atoms with Gasteiger partial charge in [0.05, 0.1) is 19.6 Å². The first kappa shape index (κ1) is 29.0. The monoisotopic (exact) mass is 576 g/mol. The molecule has 0 atom stereocenters. The largest absolute Gasteiger partial charge is 0.323 e. The van der Waals surface area contributed by atoms with Gasteiger partial charge < -0.3 is 10.6 Å². The Morgan fingerprint density at radius 2 is 0.775 bits per heavy atom. The van der Waals surface area contributed by atoms with Crippen molar-refractivity contribution in [2.75, 3.05) is 10.6 Å². The van der Waals surface area contributed by atoms with E-state index in [0.29, 0.717) is 33.6 Å². The SMILES string of the molecule is Cc1cc(C)c(S(=O)(=O)c2ccc(NC(=O)Nc3ccc(S(=O)(=O)c4c(C)cc(C)cc4C)cc3)cc2)c(C)c1. The Balaban J connectivity index is 1.46. The molecule has 2 N–H and O–H groups in total. The van der Waals surface area contributed by atoms with Crippen LogP contribution in [0.1, 0.15) is 33.4 Å². The Hall–Kier alpha value is -3.95. The molecule has 0 fully saturated rings. The number of benzene rings is 4. The average Bonchev–Trinajstić information content (AvgIpc) is 2.83. The molecule has 4 aromatic carbocycles. The van der Waals surface area contributed by atoms with Gasteiger partial charge in [0.1, 0.15) is 0 Å². The van der Waals surface area contributed by atoms with E-state index in [1.807, 2.05) is 38.1 Å². The van der Waals surface area contributed by atoms with Crippen LogP contribution in [0.3, 0.4) is 0 Å². The Morgan fingerprint density at radius 1 is 0.500 bits per heavy atom. The maximum absolute atomic E-state index is 13.3. The lowest BCUT2D eigenvalue weighted by molar-refractivity contribution is 0.262. The number of anilines is 2. The van der Waals surface area contributed by atoms with Crippen molar-refractivity contribution in [3.05, 3.63) is 106 Å². The molecule has 0 radical (unpaired) electrons. The van der Waals surface area contributed by atoms with Crippen LogP contribution in [0.4, 0.5) is 16.2 Å². The average molecular weight is 577 g/mol. The molecule has 0 saturated heterocycles. The minimum atomic E-state index is -3.73. The van der Waals surface area contributed by atoms with Crippen molar-refractivity contribution in [1.29, 1.82) is 0 Å². The standard InChI is InChI=1S/C31H32N2O5S2/c1-19-15-21(3)29(22(4)16-19)39(35,36)27-11-7-25(8-12-27)32-31(34)33-26-9-13-28(14-10-26)40(37,38)30-23(5)17-20(2)18-24(30)6/h7-18H,1-6H3,(H2,32,33,34). The van der Waals surface area contributed by atoms with E-state index in [0.717, 1.165) is 11.1 Å². The van der Waals surface area contributed by atoms with Crippen LogP contribution in [-0.4, -0.2) is 22.9 Å². The maximum Gasteiger partial charge on any atom is 0.323 e. The lowest BCUT2D eigenvalue weighted by Crippen LogP contribution is -2.19. The molecule has 0 unspecified atom stereocenters. The number of carbonyl (C=O) groups excluding carboxylic acids is 1. The highest BCUT2D eigenvalue weighted by Gasteiger charge is 2.24. The highest BCUT2D eigenvalue weighted by atomic mass is 32.2. The van der Waals surface area contributed by atoms with E-state index in [-0.39, 0.29) is 19.6 Å². The summed E-state index contributed by atoms with van der Waals surface area (Å²) in [5.41, 5.74) is 5.52. The number of nitrogens with one attached hydrogen (secondary N) is 2. The van der Waals surface area contributed by atoms with Crippen LogP contribution in [0, 0.1) is 41.5 Å². The molecular formula is C31H32N2O5S2. The first-order chi connectivity index (χ1) is 18.7. The summed E-state index contributed by atoms with van der Waals surface area (Å²) in [6.45, 7) is 11.0. The zero-order valence-electron chi connectivity index (χ0n) is 23.3. The minimum Gasteiger partial charge on any atom is -0.308 e. The Labute approximate surface area is 236 Å². The number of amides is 2. The fraction of sp³-hybridized carbons (Fsp3) is 0.194. The van der Waals surface area contributed by atoms with Gasteiger partial charge in [0, 0.05) is 11.4 Å². The molecule has 2 amide bonds. The van der Waals surface area contributed by atoms with Crippen LogP contribution in [0.2, 0.25) is 0 Å². The number of sulfone groups is 2. The van der Waals surface area contributed by atoms with Crippen LogP contribution in [0.25, 0.3) is 0 Å². The van der Waals surface area contributed by atoms with Gasteiger partial charge in [-0.25, -0.2) is 21.6 Å². The van der Waals surface area contributed by atoms with Gasteiger partial charge in [0.2, 0.25) is 19.7 Å². The first-order valence-electron chi connectivity index (χ1n) is 12.6. The second-order valence-corrected chi connectivity index (χ2v) is 13.9. The summed E-state index contributed by atoms with van der Waals surface area (Å²) in [7, 11) is -7.46. The van der Waals surface area contributed by atoms with Crippen molar-refractivity contribution in [3.8, 4) is 0 Å². The molecule has 0 aliphatic carbocycles. The van der Waals surface area contributed by atoms with Crippen LogP contribution in [0.15, 0.2) is 92.4 Å². The Bertz CT molecular complexity index is 1650. The molecular weight excluding hydrogens is 544 g/mol. The van der Waals surface area contributed by atoms with Crippen LogP contribution >= 0.6 is 0 Å². The molecule has 9 heteroatoms. The Kier molecular flexibility index (Phi) is 7.92. The third-order valence-corrected chi connectivity index (χ3v) is 10.7. The smallest absolute Gasteiger partial charge is 0.308 e. The number of rotatable bonds is 6. The third-order valence-electron chi connectivity index (χ3n) is 6.59. The van der Waals surface area contributed by atoms with E-state index in [2.05, 4.69) is 10.6 Å². The van der Waals surface area contributed by atoms with Crippen LogP contribution in [0.5, 0.6) is 0 Å².